The van der Waals surface area contributed by atoms with Gasteiger partial charge in [0, 0.05) is 60.0 Å². The zero-order chi connectivity index (χ0) is 41.3. The minimum absolute atomic E-state index is 0.0557. The third-order valence-electron chi connectivity index (χ3n) is 13.2. The van der Waals surface area contributed by atoms with Crippen LogP contribution in [0.1, 0.15) is 26.3 Å². The molecule has 0 saturated carbocycles. The number of benzene rings is 9. The van der Waals surface area contributed by atoms with Crippen molar-refractivity contribution in [1.82, 2.24) is 13.7 Å². The number of furan rings is 1. The van der Waals surface area contributed by atoms with Gasteiger partial charge >= 0.3 is 0 Å². The maximum atomic E-state index is 7.06. The van der Waals surface area contributed by atoms with Crippen LogP contribution in [0.5, 0.6) is 0 Å². The normalized spacial score (nSPS) is 12.4. The Morgan fingerprint density at radius 3 is 1.58 bits per heavy atom. The second kappa shape index (κ2) is 12.8. The highest BCUT2D eigenvalue weighted by molar-refractivity contribution is 6.21. The third-order valence-corrected chi connectivity index (χ3v) is 13.2. The van der Waals surface area contributed by atoms with Gasteiger partial charge in [0.25, 0.3) is 0 Å². The van der Waals surface area contributed by atoms with Crippen LogP contribution in [-0.2, 0) is 5.41 Å². The lowest BCUT2D eigenvalue weighted by molar-refractivity contribution is 0.587. The van der Waals surface area contributed by atoms with Crippen molar-refractivity contribution in [3.63, 3.8) is 0 Å². The molecule has 0 aliphatic heterocycles. The second-order valence-electron chi connectivity index (χ2n) is 17.7. The summed E-state index contributed by atoms with van der Waals surface area (Å²) >= 11 is 0. The molecule has 4 heteroatoms. The van der Waals surface area contributed by atoms with Crippen molar-refractivity contribution in [3.05, 3.63) is 200 Å². The Bertz CT molecular complexity index is 3920. The van der Waals surface area contributed by atoms with E-state index in [0.29, 0.717) is 0 Å². The maximum absolute atomic E-state index is 7.06. The molecule has 4 aromatic heterocycles. The van der Waals surface area contributed by atoms with Crippen LogP contribution in [0.3, 0.4) is 0 Å². The van der Waals surface area contributed by atoms with Gasteiger partial charge in [0.15, 0.2) is 5.58 Å². The van der Waals surface area contributed by atoms with Gasteiger partial charge in [-0.25, -0.2) is 0 Å². The van der Waals surface area contributed by atoms with Crippen LogP contribution in [-0.4, -0.2) is 13.7 Å². The number of rotatable bonds is 4. The van der Waals surface area contributed by atoms with E-state index in [0.717, 1.165) is 49.9 Å². The third kappa shape index (κ3) is 4.83. The predicted molar refractivity (Wildman–Crippen MR) is 261 cm³/mol. The van der Waals surface area contributed by atoms with E-state index in [1.165, 1.54) is 71.2 Å². The minimum atomic E-state index is -0.0557. The fourth-order valence-electron chi connectivity index (χ4n) is 10.6. The van der Waals surface area contributed by atoms with E-state index < -0.39 is 0 Å². The lowest BCUT2D eigenvalue weighted by Crippen LogP contribution is -2.15. The van der Waals surface area contributed by atoms with E-state index in [-0.39, 0.29) is 5.41 Å². The molecule has 4 heterocycles. The van der Waals surface area contributed by atoms with Gasteiger partial charge in [0.05, 0.1) is 38.8 Å². The average molecular weight is 796 g/mol. The first-order chi connectivity index (χ1) is 30.4. The van der Waals surface area contributed by atoms with Crippen molar-refractivity contribution in [2.75, 3.05) is 0 Å². The molecule has 62 heavy (non-hydrogen) atoms. The highest BCUT2D eigenvalue weighted by Crippen LogP contribution is 2.46. The number of para-hydroxylation sites is 7. The summed E-state index contributed by atoms with van der Waals surface area (Å²) in [6.07, 6.45) is 0. The molecule has 0 aliphatic rings. The monoisotopic (exact) mass is 795 g/mol. The summed E-state index contributed by atoms with van der Waals surface area (Å²) in [6, 6.07) is 70.8. The molecule has 294 valence electrons. The number of hydrogen-bond donors (Lipinski definition) is 0. The average Bonchev–Trinajstić information content (AvgIpc) is 4.05. The summed E-state index contributed by atoms with van der Waals surface area (Å²) in [6.45, 7) is 6.91. The quantitative estimate of drug-likeness (QED) is 0.174. The Morgan fingerprint density at radius 1 is 0.371 bits per heavy atom. The van der Waals surface area contributed by atoms with Crippen LogP contribution in [0.2, 0.25) is 0 Å². The number of fused-ring (bicyclic) bond motifs is 12. The summed E-state index contributed by atoms with van der Waals surface area (Å²) < 4.78 is 14.4. The molecule has 13 rings (SSSR count). The van der Waals surface area contributed by atoms with Crippen molar-refractivity contribution in [2.24, 2.45) is 0 Å². The first kappa shape index (κ1) is 35.0. The fraction of sp³-hybridized carbons (Fsp3) is 0.0690. The van der Waals surface area contributed by atoms with Gasteiger partial charge in [-0.15, -0.1) is 0 Å². The Labute approximate surface area is 358 Å². The zero-order valence-corrected chi connectivity index (χ0v) is 34.7. The second-order valence-corrected chi connectivity index (χ2v) is 17.7. The first-order valence-electron chi connectivity index (χ1n) is 21.5. The molecule has 13 aromatic rings. The topological polar surface area (TPSA) is 27.9 Å². The van der Waals surface area contributed by atoms with E-state index >= 15 is 0 Å². The van der Waals surface area contributed by atoms with Gasteiger partial charge in [0.2, 0.25) is 0 Å². The van der Waals surface area contributed by atoms with Crippen LogP contribution in [0.15, 0.2) is 199 Å². The maximum Gasteiger partial charge on any atom is 0.159 e. The van der Waals surface area contributed by atoms with E-state index in [1.807, 2.05) is 0 Å². The molecule has 0 fully saturated rings. The van der Waals surface area contributed by atoms with Gasteiger partial charge in [-0.1, -0.05) is 154 Å². The van der Waals surface area contributed by atoms with Crippen LogP contribution in [0.25, 0.3) is 116 Å². The standard InChI is InChI=1S/C58H41N3O/c1-58(2,3)46-25-8-13-30-52(46)61-50-29-12-6-19-39(50)42-22-14-23-43(56(42)61)41-21-16-32-54-55(41)44-24-15-31-53(57(44)62-54)60-49-28-11-7-20-40(49)45-35-36(33-34-51(45)60)59-47-26-9-4-17-37(47)38-18-5-10-27-48(38)59/h4-35H,1-3H3. The van der Waals surface area contributed by atoms with E-state index in [2.05, 4.69) is 229 Å². The summed E-state index contributed by atoms with van der Waals surface area (Å²) in [5.74, 6) is 0. The summed E-state index contributed by atoms with van der Waals surface area (Å²) in [5, 5.41) is 9.61. The molecule has 0 spiro atoms. The zero-order valence-electron chi connectivity index (χ0n) is 34.7. The number of hydrogen-bond acceptors (Lipinski definition) is 1. The minimum Gasteiger partial charge on any atom is -0.454 e. The molecule has 0 N–H and O–H groups in total. The summed E-state index contributed by atoms with van der Waals surface area (Å²) in [7, 11) is 0. The van der Waals surface area contributed by atoms with Gasteiger partial charge < -0.3 is 18.1 Å². The van der Waals surface area contributed by atoms with Crippen molar-refractivity contribution in [1.29, 1.82) is 0 Å². The predicted octanol–water partition coefficient (Wildman–Crippen LogP) is 15.8. The molecular weight excluding hydrogens is 755 g/mol. The van der Waals surface area contributed by atoms with Gasteiger partial charge in [-0.3, -0.25) is 0 Å². The highest BCUT2D eigenvalue weighted by atomic mass is 16.3. The van der Waals surface area contributed by atoms with Crippen molar-refractivity contribution < 1.29 is 4.42 Å². The van der Waals surface area contributed by atoms with Crippen LogP contribution in [0, 0.1) is 0 Å². The number of nitrogens with zero attached hydrogens (tertiary/aromatic N) is 3. The van der Waals surface area contributed by atoms with Crippen LogP contribution in [0.4, 0.5) is 0 Å². The van der Waals surface area contributed by atoms with E-state index in [9.17, 15) is 0 Å². The van der Waals surface area contributed by atoms with E-state index in [1.54, 1.807) is 0 Å². The van der Waals surface area contributed by atoms with Crippen molar-refractivity contribution in [2.45, 2.75) is 26.2 Å². The lowest BCUT2D eigenvalue weighted by atomic mass is 9.85. The Hall–Kier alpha value is -7.82. The summed E-state index contributed by atoms with van der Waals surface area (Å²) in [4.78, 5) is 0. The largest absolute Gasteiger partial charge is 0.454 e. The van der Waals surface area contributed by atoms with Crippen molar-refractivity contribution >= 4 is 87.4 Å². The molecule has 4 nitrogen and oxygen atoms in total. The van der Waals surface area contributed by atoms with E-state index in [4.69, 9.17) is 4.42 Å². The van der Waals surface area contributed by atoms with Crippen LogP contribution >= 0.6 is 0 Å². The van der Waals surface area contributed by atoms with Gasteiger partial charge in [-0.2, -0.15) is 0 Å². The lowest BCUT2D eigenvalue weighted by Gasteiger charge is -2.24. The first-order valence-corrected chi connectivity index (χ1v) is 21.5. The number of aromatic nitrogens is 3. The molecule has 0 aliphatic carbocycles. The van der Waals surface area contributed by atoms with Crippen LogP contribution < -0.4 is 0 Å². The Balaban J connectivity index is 1.06. The molecule has 0 unspecified atom stereocenters. The highest BCUT2D eigenvalue weighted by Gasteiger charge is 2.25. The van der Waals surface area contributed by atoms with Gasteiger partial charge in [-0.05, 0) is 77.2 Å². The smallest absolute Gasteiger partial charge is 0.159 e. The van der Waals surface area contributed by atoms with Gasteiger partial charge in [0.1, 0.15) is 5.58 Å². The SMILES string of the molecule is CC(C)(C)c1ccccc1-n1c2ccccc2c2cccc(-c3cccc4oc5c(-n6c7ccccc7c7cc(-n8c9ccccc9c9ccccc98)ccc76)cccc5c34)c21. The molecule has 9 aromatic carbocycles. The fourth-order valence-corrected chi connectivity index (χ4v) is 10.6. The molecule has 0 bridgehead atoms. The molecule has 0 amide bonds. The molecule has 0 radical (unpaired) electrons. The molecule has 0 atom stereocenters. The Kier molecular flexibility index (Phi) is 7.25. The Morgan fingerprint density at radius 2 is 0.871 bits per heavy atom. The molecular formula is C58H41N3O. The summed E-state index contributed by atoms with van der Waals surface area (Å²) in [5.41, 5.74) is 15.8. The molecule has 0 saturated heterocycles. The van der Waals surface area contributed by atoms with Crippen molar-refractivity contribution in [3.8, 4) is 28.2 Å².